The SMILES string of the molecule is Cn1nc(COc2cccnc2N)c2ccccc21. The van der Waals surface area contributed by atoms with Crippen LogP contribution < -0.4 is 10.5 Å². The molecule has 0 saturated carbocycles. The minimum Gasteiger partial charge on any atom is -0.483 e. The van der Waals surface area contributed by atoms with Crippen LogP contribution in [0.15, 0.2) is 42.6 Å². The lowest BCUT2D eigenvalue weighted by Crippen LogP contribution is -2.01. The summed E-state index contributed by atoms with van der Waals surface area (Å²) >= 11 is 0. The molecule has 2 heterocycles. The molecule has 0 aliphatic heterocycles. The van der Waals surface area contributed by atoms with Crippen LogP contribution in [0.5, 0.6) is 5.75 Å². The van der Waals surface area contributed by atoms with Crippen molar-refractivity contribution in [3.05, 3.63) is 48.3 Å². The molecule has 0 amide bonds. The lowest BCUT2D eigenvalue weighted by molar-refractivity contribution is 0.302. The Morgan fingerprint density at radius 2 is 2.05 bits per heavy atom. The summed E-state index contributed by atoms with van der Waals surface area (Å²) in [6.07, 6.45) is 1.64. The van der Waals surface area contributed by atoms with Crippen LogP contribution >= 0.6 is 0 Å². The molecular weight excluding hydrogens is 240 g/mol. The standard InChI is InChI=1S/C14H14N4O/c1-18-12-6-3-2-5-10(12)11(17-18)9-19-13-7-4-8-16-14(13)15/h2-8H,9H2,1H3,(H2,15,16). The summed E-state index contributed by atoms with van der Waals surface area (Å²) in [5, 5.41) is 5.56. The van der Waals surface area contributed by atoms with Gasteiger partial charge in [0.2, 0.25) is 0 Å². The number of aryl methyl sites for hydroxylation is 1. The highest BCUT2D eigenvalue weighted by Gasteiger charge is 2.09. The highest BCUT2D eigenvalue weighted by molar-refractivity contribution is 5.81. The maximum atomic E-state index is 5.74. The van der Waals surface area contributed by atoms with Crippen LogP contribution in [0, 0.1) is 0 Å². The predicted molar refractivity (Wildman–Crippen MR) is 73.7 cm³/mol. The van der Waals surface area contributed by atoms with Crippen LogP contribution in [0.2, 0.25) is 0 Å². The average Bonchev–Trinajstić information content (AvgIpc) is 2.75. The normalized spacial score (nSPS) is 10.8. The number of para-hydroxylation sites is 1. The van der Waals surface area contributed by atoms with Crippen molar-refractivity contribution >= 4 is 16.7 Å². The monoisotopic (exact) mass is 254 g/mol. The van der Waals surface area contributed by atoms with E-state index in [0.29, 0.717) is 18.2 Å². The number of nitrogens with zero attached hydrogens (tertiary/aromatic N) is 3. The van der Waals surface area contributed by atoms with Gasteiger partial charge in [0, 0.05) is 18.6 Å². The van der Waals surface area contributed by atoms with E-state index in [1.54, 1.807) is 18.3 Å². The minimum absolute atomic E-state index is 0.372. The maximum Gasteiger partial charge on any atom is 0.166 e. The molecular formula is C14H14N4O. The highest BCUT2D eigenvalue weighted by Crippen LogP contribution is 2.22. The van der Waals surface area contributed by atoms with E-state index in [0.717, 1.165) is 16.6 Å². The van der Waals surface area contributed by atoms with Crippen LogP contribution in [0.3, 0.4) is 0 Å². The Labute approximate surface area is 110 Å². The number of nitrogens with two attached hydrogens (primary N) is 1. The van der Waals surface area contributed by atoms with Crippen molar-refractivity contribution < 1.29 is 4.74 Å². The molecule has 3 rings (SSSR count). The molecule has 5 nitrogen and oxygen atoms in total. The quantitative estimate of drug-likeness (QED) is 0.777. The Bertz CT molecular complexity index is 720. The molecule has 5 heteroatoms. The van der Waals surface area contributed by atoms with Crippen molar-refractivity contribution in [1.82, 2.24) is 14.8 Å². The molecule has 3 aromatic rings. The molecule has 0 aliphatic carbocycles. The first-order chi connectivity index (χ1) is 9.25. The molecule has 0 fully saturated rings. The van der Waals surface area contributed by atoms with Gasteiger partial charge in [-0.3, -0.25) is 4.68 Å². The smallest absolute Gasteiger partial charge is 0.166 e. The summed E-state index contributed by atoms with van der Waals surface area (Å²) in [5.41, 5.74) is 7.71. The number of nitrogen functional groups attached to an aromatic ring is 1. The van der Waals surface area contributed by atoms with Crippen LogP contribution in [-0.2, 0) is 13.7 Å². The second kappa shape index (κ2) is 4.61. The number of fused-ring (bicyclic) bond motifs is 1. The van der Waals surface area contributed by atoms with Crippen molar-refractivity contribution in [3.63, 3.8) is 0 Å². The Morgan fingerprint density at radius 3 is 2.89 bits per heavy atom. The van der Waals surface area contributed by atoms with E-state index in [1.807, 2.05) is 36.0 Å². The predicted octanol–water partition coefficient (Wildman–Crippen LogP) is 2.13. The van der Waals surface area contributed by atoms with Gasteiger partial charge in [0.05, 0.1) is 5.52 Å². The number of pyridine rings is 1. The van der Waals surface area contributed by atoms with Crippen LogP contribution in [0.25, 0.3) is 10.9 Å². The van der Waals surface area contributed by atoms with Crippen molar-refractivity contribution in [2.24, 2.45) is 7.05 Å². The fourth-order valence-electron chi connectivity index (χ4n) is 2.07. The zero-order valence-corrected chi connectivity index (χ0v) is 10.6. The number of rotatable bonds is 3. The summed E-state index contributed by atoms with van der Waals surface area (Å²) in [6, 6.07) is 11.6. The third-order valence-corrected chi connectivity index (χ3v) is 3.00. The van der Waals surface area contributed by atoms with Gasteiger partial charge in [-0.05, 0) is 18.2 Å². The fraction of sp³-hybridized carbons (Fsp3) is 0.143. The summed E-state index contributed by atoms with van der Waals surface area (Å²) in [5.74, 6) is 0.972. The summed E-state index contributed by atoms with van der Waals surface area (Å²) < 4.78 is 7.53. The maximum absolute atomic E-state index is 5.74. The first kappa shape index (κ1) is 11.5. The Balaban J connectivity index is 1.88. The van der Waals surface area contributed by atoms with Crippen molar-refractivity contribution in [3.8, 4) is 5.75 Å². The summed E-state index contributed by atoms with van der Waals surface area (Å²) in [6.45, 7) is 0.372. The molecule has 1 aromatic carbocycles. The average molecular weight is 254 g/mol. The number of ether oxygens (including phenoxy) is 1. The van der Waals surface area contributed by atoms with Gasteiger partial charge in [0.1, 0.15) is 12.3 Å². The molecule has 0 unspecified atom stereocenters. The topological polar surface area (TPSA) is 66.0 Å². The number of hydrogen-bond acceptors (Lipinski definition) is 4. The van der Waals surface area contributed by atoms with Gasteiger partial charge in [-0.1, -0.05) is 18.2 Å². The number of anilines is 1. The second-order valence-electron chi connectivity index (χ2n) is 4.26. The molecule has 0 radical (unpaired) electrons. The summed E-state index contributed by atoms with van der Waals surface area (Å²) in [7, 11) is 1.92. The molecule has 96 valence electrons. The first-order valence-corrected chi connectivity index (χ1v) is 5.99. The van der Waals surface area contributed by atoms with E-state index in [1.165, 1.54) is 0 Å². The Hall–Kier alpha value is -2.56. The fourth-order valence-corrected chi connectivity index (χ4v) is 2.07. The van der Waals surface area contributed by atoms with Gasteiger partial charge in [0.25, 0.3) is 0 Å². The zero-order valence-electron chi connectivity index (χ0n) is 10.6. The lowest BCUT2D eigenvalue weighted by atomic mass is 10.2. The van der Waals surface area contributed by atoms with E-state index < -0.39 is 0 Å². The largest absolute Gasteiger partial charge is 0.483 e. The lowest BCUT2D eigenvalue weighted by Gasteiger charge is -2.06. The zero-order chi connectivity index (χ0) is 13.2. The summed E-state index contributed by atoms with van der Waals surface area (Å²) in [4.78, 5) is 3.99. The van der Waals surface area contributed by atoms with Crippen molar-refractivity contribution in [2.45, 2.75) is 6.61 Å². The van der Waals surface area contributed by atoms with Gasteiger partial charge in [-0.2, -0.15) is 5.10 Å². The molecule has 0 aliphatic rings. The molecule has 0 saturated heterocycles. The first-order valence-electron chi connectivity index (χ1n) is 5.99. The Morgan fingerprint density at radius 1 is 1.21 bits per heavy atom. The molecule has 0 bridgehead atoms. The number of hydrogen-bond donors (Lipinski definition) is 1. The van der Waals surface area contributed by atoms with Gasteiger partial charge in [0.15, 0.2) is 11.6 Å². The van der Waals surface area contributed by atoms with E-state index in [-0.39, 0.29) is 0 Å². The van der Waals surface area contributed by atoms with E-state index >= 15 is 0 Å². The van der Waals surface area contributed by atoms with Crippen molar-refractivity contribution in [1.29, 1.82) is 0 Å². The third kappa shape index (κ3) is 2.10. The van der Waals surface area contributed by atoms with Gasteiger partial charge in [-0.15, -0.1) is 0 Å². The van der Waals surface area contributed by atoms with E-state index in [4.69, 9.17) is 10.5 Å². The number of benzene rings is 1. The Kier molecular flexibility index (Phi) is 2.79. The molecule has 2 N–H and O–H groups in total. The van der Waals surface area contributed by atoms with Crippen LogP contribution in [0.4, 0.5) is 5.82 Å². The van der Waals surface area contributed by atoms with E-state index in [9.17, 15) is 0 Å². The molecule has 2 aromatic heterocycles. The van der Waals surface area contributed by atoms with Gasteiger partial charge < -0.3 is 10.5 Å². The number of aromatic nitrogens is 3. The van der Waals surface area contributed by atoms with Crippen LogP contribution in [-0.4, -0.2) is 14.8 Å². The van der Waals surface area contributed by atoms with Crippen molar-refractivity contribution in [2.75, 3.05) is 5.73 Å². The van der Waals surface area contributed by atoms with Gasteiger partial charge in [-0.25, -0.2) is 4.98 Å². The minimum atomic E-state index is 0.372. The molecule has 19 heavy (non-hydrogen) atoms. The highest BCUT2D eigenvalue weighted by atomic mass is 16.5. The van der Waals surface area contributed by atoms with Crippen LogP contribution in [0.1, 0.15) is 5.69 Å². The van der Waals surface area contributed by atoms with Gasteiger partial charge >= 0.3 is 0 Å². The molecule has 0 spiro atoms. The molecule has 0 atom stereocenters. The van der Waals surface area contributed by atoms with E-state index in [2.05, 4.69) is 10.1 Å². The second-order valence-corrected chi connectivity index (χ2v) is 4.26. The third-order valence-electron chi connectivity index (χ3n) is 3.00.